The predicted molar refractivity (Wildman–Crippen MR) is 72.9 cm³/mol. The number of thiophene rings is 1. The predicted octanol–water partition coefficient (Wildman–Crippen LogP) is 3.93. The number of hydrogen-bond donors (Lipinski definition) is 1. The Balaban J connectivity index is 2.10. The average molecular weight is 243 g/mol. The Kier molecular flexibility index (Phi) is 6.37. The molecule has 0 aliphatic rings. The summed E-state index contributed by atoms with van der Waals surface area (Å²) in [6, 6.07) is 4.82. The number of thioether (sulfide) groups is 1. The van der Waals surface area contributed by atoms with Crippen molar-refractivity contribution in [1.29, 1.82) is 0 Å². The fraction of sp³-hybridized carbons (Fsp3) is 0.667. The molecule has 1 N–H and O–H groups in total. The zero-order chi connectivity index (χ0) is 11.1. The van der Waals surface area contributed by atoms with Gasteiger partial charge in [-0.1, -0.05) is 19.9 Å². The van der Waals surface area contributed by atoms with E-state index in [0.29, 0.717) is 6.04 Å². The van der Waals surface area contributed by atoms with Crippen LogP contribution >= 0.6 is 23.1 Å². The molecule has 1 nitrogen and oxygen atoms in total. The van der Waals surface area contributed by atoms with Gasteiger partial charge in [0.15, 0.2) is 0 Å². The van der Waals surface area contributed by atoms with Crippen LogP contribution in [0.3, 0.4) is 0 Å². The van der Waals surface area contributed by atoms with E-state index in [0.717, 1.165) is 11.8 Å². The van der Waals surface area contributed by atoms with Crippen LogP contribution in [0.15, 0.2) is 17.5 Å². The molecule has 1 rings (SSSR count). The van der Waals surface area contributed by atoms with E-state index in [1.807, 2.05) is 11.3 Å². The molecule has 1 aromatic heterocycles. The van der Waals surface area contributed by atoms with Crippen molar-refractivity contribution < 1.29 is 0 Å². The first-order valence-electron chi connectivity index (χ1n) is 5.62. The van der Waals surface area contributed by atoms with Crippen LogP contribution in [0.4, 0.5) is 0 Å². The van der Waals surface area contributed by atoms with E-state index < -0.39 is 0 Å². The molecular formula is C12H21NS2. The van der Waals surface area contributed by atoms with Crippen molar-refractivity contribution >= 4 is 23.1 Å². The smallest absolute Gasteiger partial charge is 0.0386 e. The molecule has 0 spiro atoms. The Morgan fingerprint density at radius 2 is 2.27 bits per heavy atom. The van der Waals surface area contributed by atoms with Gasteiger partial charge in [0.25, 0.3) is 0 Å². The molecule has 0 radical (unpaired) electrons. The maximum atomic E-state index is 3.55. The van der Waals surface area contributed by atoms with Crippen LogP contribution in [0.5, 0.6) is 0 Å². The summed E-state index contributed by atoms with van der Waals surface area (Å²) >= 11 is 3.89. The molecule has 86 valence electrons. The summed E-state index contributed by atoms with van der Waals surface area (Å²) in [6.45, 7) is 7.89. The quantitative estimate of drug-likeness (QED) is 0.728. The molecular weight excluding hydrogens is 222 g/mol. The highest BCUT2D eigenvalue weighted by atomic mass is 32.2. The lowest BCUT2D eigenvalue weighted by molar-refractivity contribution is 0.610. The molecule has 0 saturated heterocycles. The first-order valence-corrected chi connectivity index (χ1v) is 7.55. The van der Waals surface area contributed by atoms with Crippen molar-refractivity contribution in [2.24, 2.45) is 0 Å². The minimum atomic E-state index is 0.502. The summed E-state index contributed by atoms with van der Waals surface area (Å²) in [4.78, 5) is 1.43. The average Bonchev–Trinajstić information content (AvgIpc) is 2.77. The Morgan fingerprint density at radius 3 is 2.87 bits per heavy atom. The van der Waals surface area contributed by atoms with Crippen LogP contribution in [-0.4, -0.2) is 17.5 Å². The SMILES string of the molecule is CCC(C)SCCNC(C)c1cccs1. The Labute approximate surface area is 102 Å². The highest BCUT2D eigenvalue weighted by Gasteiger charge is 2.05. The van der Waals surface area contributed by atoms with Gasteiger partial charge in [-0.25, -0.2) is 0 Å². The van der Waals surface area contributed by atoms with Crippen molar-refractivity contribution in [3.63, 3.8) is 0 Å². The van der Waals surface area contributed by atoms with Gasteiger partial charge < -0.3 is 5.32 Å². The third kappa shape index (κ3) is 5.05. The second-order valence-electron chi connectivity index (χ2n) is 3.78. The van der Waals surface area contributed by atoms with E-state index in [9.17, 15) is 0 Å². The van der Waals surface area contributed by atoms with Gasteiger partial charge in [-0.2, -0.15) is 11.8 Å². The Morgan fingerprint density at radius 1 is 1.47 bits per heavy atom. The van der Waals surface area contributed by atoms with Gasteiger partial charge in [0.05, 0.1) is 0 Å². The van der Waals surface area contributed by atoms with Crippen LogP contribution in [0.2, 0.25) is 0 Å². The normalized spacial score (nSPS) is 15.1. The number of rotatable bonds is 7. The third-order valence-corrected chi connectivity index (χ3v) is 4.90. The Hall–Kier alpha value is 0.01000. The fourth-order valence-corrected chi connectivity index (χ4v) is 2.92. The lowest BCUT2D eigenvalue weighted by atomic mass is 10.3. The second-order valence-corrected chi connectivity index (χ2v) is 6.31. The largest absolute Gasteiger partial charge is 0.309 e. The molecule has 3 heteroatoms. The molecule has 1 heterocycles. The van der Waals surface area contributed by atoms with Crippen molar-refractivity contribution in [3.8, 4) is 0 Å². The van der Waals surface area contributed by atoms with Crippen LogP contribution < -0.4 is 5.32 Å². The van der Waals surface area contributed by atoms with Crippen molar-refractivity contribution in [3.05, 3.63) is 22.4 Å². The molecule has 15 heavy (non-hydrogen) atoms. The van der Waals surface area contributed by atoms with Gasteiger partial charge in [0, 0.05) is 28.5 Å². The zero-order valence-corrected chi connectivity index (χ0v) is 11.5. The van der Waals surface area contributed by atoms with Crippen molar-refractivity contribution in [2.75, 3.05) is 12.3 Å². The van der Waals surface area contributed by atoms with E-state index in [1.54, 1.807) is 0 Å². The zero-order valence-electron chi connectivity index (χ0n) is 9.82. The topological polar surface area (TPSA) is 12.0 Å². The van der Waals surface area contributed by atoms with Crippen LogP contribution in [0.1, 0.15) is 38.1 Å². The molecule has 0 bridgehead atoms. The van der Waals surface area contributed by atoms with E-state index in [1.165, 1.54) is 17.1 Å². The van der Waals surface area contributed by atoms with E-state index in [-0.39, 0.29) is 0 Å². The highest BCUT2D eigenvalue weighted by Crippen LogP contribution is 2.18. The van der Waals surface area contributed by atoms with Gasteiger partial charge >= 0.3 is 0 Å². The third-order valence-electron chi connectivity index (χ3n) is 2.50. The number of nitrogens with one attached hydrogen (secondary N) is 1. The van der Waals surface area contributed by atoms with Gasteiger partial charge in [0.2, 0.25) is 0 Å². The van der Waals surface area contributed by atoms with Crippen LogP contribution in [0.25, 0.3) is 0 Å². The molecule has 0 fully saturated rings. The summed E-state index contributed by atoms with van der Waals surface area (Å²) in [5.41, 5.74) is 0. The standard InChI is InChI=1S/C12H21NS2/c1-4-10(2)14-9-7-13-11(3)12-6-5-8-15-12/h5-6,8,10-11,13H,4,7,9H2,1-3H3. The first kappa shape index (κ1) is 13.1. The second kappa shape index (κ2) is 7.31. The molecule has 0 aromatic carbocycles. The molecule has 0 saturated carbocycles. The lowest BCUT2D eigenvalue weighted by Gasteiger charge is -2.13. The van der Waals surface area contributed by atoms with Gasteiger partial charge in [-0.3, -0.25) is 0 Å². The first-order chi connectivity index (χ1) is 7.24. The summed E-state index contributed by atoms with van der Waals surface area (Å²) in [7, 11) is 0. The van der Waals surface area contributed by atoms with E-state index in [2.05, 4.69) is 55.4 Å². The summed E-state index contributed by atoms with van der Waals surface area (Å²) in [5, 5.41) is 6.49. The van der Waals surface area contributed by atoms with Crippen molar-refractivity contribution in [1.82, 2.24) is 5.32 Å². The fourth-order valence-electron chi connectivity index (χ4n) is 1.29. The maximum Gasteiger partial charge on any atom is 0.0386 e. The van der Waals surface area contributed by atoms with E-state index in [4.69, 9.17) is 0 Å². The molecule has 0 aliphatic heterocycles. The molecule has 2 unspecified atom stereocenters. The van der Waals surface area contributed by atoms with Crippen molar-refractivity contribution in [2.45, 2.75) is 38.5 Å². The van der Waals surface area contributed by atoms with Crippen LogP contribution in [-0.2, 0) is 0 Å². The Bertz CT molecular complexity index is 246. The lowest BCUT2D eigenvalue weighted by Crippen LogP contribution is -2.21. The molecule has 2 atom stereocenters. The maximum absolute atomic E-state index is 3.55. The monoisotopic (exact) mass is 243 g/mol. The summed E-state index contributed by atoms with van der Waals surface area (Å²) < 4.78 is 0. The van der Waals surface area contributed by atoms with Gasteiger partial charge in [0.1, 0.15) is 0 Å². The van der Waals surface area contributed by atoms with E-state index >= 15 is 0 Å². The minimum absolute atomic E-state index is 0.502. The molecule has 1 aromatic rings. The highest BCUT2D eigenvalue weighted by molar-refractivity contribution is 7.99. The minimum Gasteiger partial charge on any atom is -0.309 e. The number of hydrogen-bond acceptors (Lipinski definition) is 3. The molecule has 0 amide bonds. The molecule has 0 aliphatic carbocycles. The summed E-state index contributed by atoms with van der Waals surface area (Å²) in [5.74, 6) is 1.21. The summed E-state index contributed by atoms with van der Waals surface area (Å²) in [6.07, 6.45) is 1.27. The van der Waals surface area contributed by atoms with Crippen LogP contribution in [0, 0.1) is 0 Å². The van der Waals surface area contributed by atoms with Gasteiger partial charge in [-0.15, -0.1) is 11.3 Å². The van der Waals surface area contributed by atoms with Gasteiger partial charge in [-0.05, 0) is 24.8 Å².